The normalized spacial score (nSPS) is 13.7. The SMILES string of the molecule is CC(NS(=O)(=O)c1ccc(F)c(Cl)c1)c1cccc(S(N)(=O)=O)c1. The van der Waals surface area contributed by atoms with Crippen LogP contribution in [-0.4, -0.2) is 16.8 Å². The molecule has 2 aromatic carbocycles. The van der Waals surface area contributed by atoms with Crippen LogP contribution in [0.4, 0.5) is 4.39 Å². The van der Waals surface area contributed by atoms with Crippen LogP contribution in [0, 0.1) is 5.82 Å². The Balaban J connectivity index is 2.31. The van der Waals surface area contributed by atoms with Crippen LogP contribution in [-0.2, 0) is 20.0 Å². The molecule has 0 saturated heterocycles. The molecular formula is C14H14ClFN2O4S2. The van der Waals surface area contributed by atoms with Crippen molar-refractivity contribution in [2.75, 3.05) is 0 Å². The molecule has 3 N–H and O–H groups in total. The number of hydrogen-bond acceptors (Lipinski definition) is 4. The highest BCUT2D eigenvalue weighted by Crippen LogP contribution is 2.22. The van der Waals surface area contributed by atoms with E-state index in [0.29, 0.717) is 5.56 Å². The lowest BCUT2D eigenvalue weighted by Crippen LogP contribution is -2.27. The second-order valence-electron chi connectivity index (χ2n) is 5.04. The predicted octanol–water partition coefficient (Wildman–Crippen LogP) is 2.17. The molecule has 24 heavy (non-hydrogen) atoms. The molecule has 0 saturated carbocycles. The zero-order valence-electron chi connectivity index (χ0n) is 12.4. The van der Waals surface area contributed by atoms with Crippen molar-refractivity contribution in [3.63, 3.8) is 0 Å². The third-order valence-electron chi connectivity index (χ3n) is 3.22. The summed E-state index contributed by atoms with van der Waals surface area (Å²) in [5.74, 6) is -0.732. The number of halogens is 2. The molecular weight excluding hydrogens is 379 g/mol. The van der Waals surface area contributed by atoms with Gasteiger partial charge in [-0.25, -0.2) is 31.1 Å². The maximum absolute atomic E-state index is 13.2. The van der Waals surface area contributed by atoms with Gasteiger partial charge in [0.1, 0.15) is 5.82 Å². The summed E-state index contributed by atoms with van der Waals surface area (Å²) in [6.45, 7) is 1.53. The second kappa shape index (κ2) is 6.77. The van der Waals surface area contributed by atoms with Crippen LogP contribution in [0.25, 0.3) is 0 Å². The molecule has 0 spiro atoms. The minimum absolute atomic E-state index is 0.129. The topological polar surface area (TPSA) is 106 Å². The summed E-state index contributed by atoms with van der Waals surface area (Å²) in [5, 5.41) is 4.74. The van der Waals surface area contributed by atoms with Gasteiger partial charge < -0.3 is 0 Å². The van der Waals surface area contributed by atoms with E-state index in [0.717, 1.165) is 18.2 Å². The smallest absolute Gasteiger partial charge is 0.225 e. The molecule has 0 aliphatic rings. The molecule has 0 heterocycles. The zero-order chi connectivity index (χ0) is 18.1. The largest absolute Gasteiger partial charge is 0.241 e. The van der Waals surface area contributed by atoms with Crippen LogP contribution >= 0.6 is 11.6 Å². The first kappa shape index (κ1) is 18.8. The molecule has 0 aliphatic heterocycles. The van der Waals surface area contributed by atoms with Crippen LogP contribution in [0.3, 0.4) is 0 Å². The van der Waals surface area contributed by atoms with Gasteiger partial charge in [0.2, 0.25) is 20.0 Å². The van der Waals surface area contributed by atoms with E-state index in [2.05, 4.69) is 4.72 Å². The molecule has 0 amide bonds. The Morgan fingerprint density at radius 3 is 2.33 bits per heavy atom. The number of hydrogen-bond donors (Lipinski definition) is 2. The van der Waals surface area contributed by atoms with Crippen LogP contribution in [0.2, 0.25) is 5.02 Å². The van der Waals surface area contributed by atoms with E-state index in [-0.39, 0.29) is 14.8 Å². The first-order valence-corrected chi connectivity index (χ1v) is 10.0. The molecule has 2 rings (SSSR count). The van der Waals surface area contributed by atoms with Crippen molar-refractivity contribution in [1.82, 2.24) is 4.72 Å². The van der Waals surface area contributed by atoms with Gasteiger partial charge in [0.25, 0.3) is 0 Å². The molecule has 2 aromatic rings. The van der Waals surface area contributed by atoms with E-state index >= 15 is 0 Å². The van der Waals surface area contributed by atoms with E-state index < -0.39 is 31.9 Å². The Hall–Kier alpha value is -1.52. The highest BCUT2D eigenvalue weighted by atomic mass is 35.5. The fourth-order valence-electron chi connectivity index (χ4n) is 1.97. The fourth-order valence-corrected chi connectivity index (χ4v) is 4.05. The van der Waals surface area contributed by atoms with Gasteiger partial charge in [-0.3, -0.25) is 0 Å². The van der Waals surface area contributed by atoms with Gasteiger partial charge in [-0.1, -0.05) is 23.7 Å². The number of primary sulfonamides is 1. The van der Waals surface area contributed by atoms with Gasteiger partial charge in [0.15, 0.2) is 0 Å². The summed E-state index contributed by atoms with van der Waals surface area (Å²) in [6, 6.07) is 7.86. The van der Waals surface area contributed by atoms with Gasteiger partial charge in [0, 0.05) is 6.04 Å². The second-order valence-corrected chi connectivity index (χ2v) is 8.72. The highest BCUT2D eigenvalue weighted by Gasteiger charge is 2.20. The molecule has 130 valence electrons. The number of nitrogens with two attached hydrogens (primary N) is 1. The molecule has 0 aliphatic carbocycles. The summed E-state index contributed by atoms with van der Waals surface area (Å²) in [4.78, 5) is -0.334. The first-order chi connectivity index (χ1) is 11.0. The van der Waals surface area contributed by atoms with Crippen molar-refractivity contribution in [3.8, 4) is 0 Å². The summed E-state index contributed by atoms with van der Waals surface area (Å²) in [6.07, 6.45) is 0. The summed E-state index contributed by atoms with van der Waals surface area (Å²) >= 11 is 5.60. The zero-order valence-corrected chi connectivity index (χ0v) is 14.8. The van der Waals surface area contributed by atoms with Crippen LogP contribution < -0.4 is 9.86 Å². The van der Waals surface area contributed by atoms with Crippen LogP contribution in [0.5, 0.6) is 0 Å². The molecule has 0 radical (unpaired) electrons. The number of benzene rings is 2. The van der Waals surface area contributed by atoms with Crippen LogP contribution in [0.1, 0.15) is 18.5 Å². The maximum Gasteiger partial charge on any atom is 0.241 e. The molecule has 0 aromatic heterocycles. The highest BCUT2D eigenvalue weighted by molar-refractivity contribution is 7.89. The van der Waals surface area contributed by atoms with Gasteiger partial charge >= 0.3 is 0 Å². The molecule has 6 nitrogen and oxygen atoms in total. The summed E-state index contributed by atoms with van der Waals surface area (Å²) < 4.78 is 62.9. The number of sulfonamides is 2. The quantitative estimate of drug-likeness (QED) is 0.813. The first-order valence-electron chi connectivity index (χ1n) is 6.61. The van der Waals surface area contributed by atoms with Crippen LogP contribution in [0.15, 0.2) is 52.3 Å². The monoisotopic (exact) mass is 392 g/mol. The summed E-state index contributed by atoms with van der Waals surface area (Å²) in [5.41, 5.74) is 0.401. The van der Waals surface area contributed by atoms with Crippen molar-refractivity contribution < 1.29 is 21.2 Å². The Labute approximate surface area is 144 Å². The van der Waals surface area contributed by atoms with Crippen molar-refractivity contribution in [1.29, 1.82) is 0 Å². The summed E-state index contributed by atoms with van der Waals surface area (Å²) in [7, 11) is -7.88. The van der Waals surface area contributed by atoms with Crippen molar-refractivity contribution >= 4 is 31.6 Å². The van der Waals surface area contributed by atoms with E-state index in [1.807, 2.05) is 0 Å². The molecule has 1 unspecified atom stereocenters. The third kappa shape index (κ3) is 4.31. The minimum Gasteiger partial charge on any atom is -0.225 e. The number of rotatable bonds is 5. The lowest BCUT2D eigenvalue weighted by molar-refractivity contribution is 0.566. The maximum atomic E-state index is 13.2. The predicted molar refractivity (Wildman–Crippen MR) is 88.0 cm³/mol. The molecule has 0 fully saturated rings. The molecule has 10 heteroatoms. The molecule has 0 bridgehead atoms. The Morgan fingerprint density at radius 2 is 1.75 bits per heavy atom. The standard InChI is InChI=1S/C14H14ClFN2O4S2/c1-9(10-3-2-4-11(7-10)23(17,19)20)18-24(21,22)12-5-6-14(16)13(15)8-12/h2-9,18H,1H3,(H2,17,19,20). The van der Waals surface area contributed by atoms with E-state index in [1.165, 1.54) is 25.1 Å². The van der Waals surface area contributed by atoms with Crippen molar-refractivity contribution in [3.05, 3.63) is 58.9 Å². The van der Waals surface area contributed by atoms with Gasteiger partial charge in [0.05, 0.1) is 14.8 Å². The van der Waals surface area contributed by atoms with Gasteiger partial charge in [-0.15, -0.1) is 0 Å². The Morgan fingerprint density at radius 1 is 1.08 bits per heavy atom. The Kier molecular flexibility index (Phi) is 5.31. The van der Waals surface area contributed by atoms with E-state index in [1.54, 1.807) is 6.07 Å². The third-order valence-corrected chi connectivity index (χ3v) is 5.96. The van der Waals surface area contributed by atoms with Crippen molar-refractivity contribution in [2.24, 2.45) is 5.14 Å². The molecule has 1 atom stereocenters. The minimum atomic E-state index is -3.98. The van der Waals surface area contributed by atoms with E-state index in [9.17, 15) is 21.2 Å². The fraction of sp³-hybridized carbons (Fsp3) is 0.143. The Bertz CT molecular complexity index is 978. The van der Waals surface area contributed by atoms with Gasteiger partial charge in [-0.2, -0.15) is 0 Å². The lowest BCUT2D eigenvalue weighted by atomic mass is 10.1. The van der Waals surface area contributed by atoms with Gasteiger partial charge in [-0.05, 0) is 42.8 Å². The number of nitrogens with one attached hydrogen (secondary N) is 1. The average Bonchev–Trinajstić information content (AvgIpc) is 2.48. The van der Waals surface area contributed by atoms with E-state index in [4.69, 9.17) is 16.7 Å². The lowest BCUT2D eigenvalue weighted by Gasteiger charge is -2.15. The van der Waals surface area contributed by atoms with Crippen molar-refractivity contribution in [2.45, 2.75) is 22.8 Å². The average molecular weight is 393 g/mol.